The quantitative estimate of drug-likeness (QED) is 0.517. The lowest BCUT2D eigenvalue weighted by Gasteiger charge is -2.22. The van der Waals surface area contributed by atoms with Gasteiger partial charge in [-0.1, -0.05) is 35.4 Å². The number of carbonyl (C=O) groups excluding carboxylic acids is 1. The van der Waals surface area contributed by atoms with E-state index in [1.165, 1.54) is 5.56 Å². The molecule has 0 unspecified atom stereocenters. The number of amides is 1. The third kappa shape index (κ3) is 6.75. The molecule has 0 atom stereocenters. The topological polar surface area (TPSA) is 66.5 Å². The Kier molecular flexibility index (Phi) is 7.59. The first-order chi connectivity index (χ1) is 12.7. The number of halogens is 1. The Labute approximate surface area is 170 Å². The maximum Gasteiger partial charge on any atom is 0.240 e. The molecule has 0 aromatic heterocycles. The van der Waals surface area contributed by atoms with Crippen molar-refractivity contribution >= 4 is 45.0 Å². The summed E-state index contributed by atoms with van der Waals surface area (Å²) in [6, 6.07) is 13.1. The van der Waals surface area contributed by atoms with Gasteiger partial charge >= 0.3 is 0 Å². The summed E-state index contributed by atoms with van der Waals surface area (Å²) < 4.78 is 25.3. The van der Waals surface area contributed by atoms with Gasteiger partial charge in [0.25, 0.3) is 0 Å². The first-order valence-electron chi connectivity index (χ1n) is 8.37. The Hall–Kier alpha value is -1.70. The normalized spacial score (nSPS) is 11.3. The molecule has 0 fully saturated rings. The third-order valence-corrected chi connectivity index (χ3v) is 6.41. The minimum absolute atomic E-state index is 0.284. The van der Waals surface area contributed by atoms with Crippen LogP contribution >= 0.6 is 23.4 Å². The van der Waals surface area contributed by atoms with E-state index in [1.54, 1.807) is 30.0 Å². The van der Waals surface area contributed by atoms with Gasteiger partial charge in [0.2, 0.25) is 15.9 Å². The van der Waals surface area contributed by atoms with Crippen LogP contribution in [0.1, 0.15) is 11.1 Å². The second-order valence-electron chi connectivity index (χ2n) is 6.21. The van der Waals surface area contributed by atoms with E-state index < -0.39 is 10.0 Å². The molecule has 2 rings (SSSR count). The third-order valence-electron chi connectivity index (χ3n) is 3.84. The van der Waals surface area contributed by atoms with E-state index in [-0.39, 0.29) is 12.5 Å². The highest BCUT2D eigenvalue weighted by atomic mass is 35.5. The summed E-state index contributed by atoms with van der Waals surface area (Å²) >= 11 is 7.72. The van der Waals surface area contributed by atoms with Crippen molar-refractivity contribution in [1.29, 1.82) is 0 Å². The number of hydrogen-bond donors (Lipinski definition) is 1. The first-order valence-corrected chi connectivity index (χ1v) is 11.6. The van der Waals surface area contributed by atoms with Gasteiger partial charge in [-0.15, -0.1) is 11.8 Å². The fraction of sp³-hybridized carbons (Fsp3) is 0.316. The Morgan fingerprint density at radius 3 is 2.41 bits per heavy atom. The van der Waals surface area contributed by atoms with Crippen LogP contribution in [0.2, 0.25) is 5.02 Å². The molecule has 8 heteroatoms. The second-order valence-corrected chi connectivity index (χ2v) is 9.70. The molecule has 1 N–H and O–H groups in total. The van der Waals surface area contributed by atoms with Gasteiger partial charge in [0.15, 0.2) is 0 Å². The van der Waals surface area contributed by atoms with Crippen LogP contribution in [-0.4, -0.2) is 39.4 Å². The maximum atomic E-state index is 12.2. The lowest BCUT2D eigenvalue weighted by molar-refractivity contribution is -0.119. The zero-order chi connectivity index (χ0) is 20.0. The molecule has 0 aliphatic rings. The number of sulfonamides is 1. The summed E-state index contributed by atoms with van der Waals surface area (Å²) in [7, 11) is -3.61. The fourth-order valence-electron chi connectivity index (χ4n) is 2.32. The highest BCUT2D eigenvalue weighted by Crippen LogP contribution is 2.24. The summed E-state index contributed by atoms with van der Waals surface area (Å²) in [4.78, 5) is 13.3. The lowest BCUT2D eigenvalue weighted by atomic mass is 10.2. The van der Waals surface area contributed by atoms with Crippen LogP contribution in [0.3, 0.4) is 0 Å². The second kappa shape index (κ2) is 9.48. The van der Waals surface area contributed by atoms with Gasteiger partial charge < -0.3 is 5.32 Å². The molecule has 27 heavy (non-hydrogen) atoms. The zero-order valence-corrected chi connectivity index (χ0v) is 17.9. The van der Waals surface area contributed by atoms with Crippen molar-refractivity contribution < 1.29 is 13.2 Å². The van der Waals surface area contributed by atoms with Crippen LogP contribution in [-0.2, 0) is 14.8 Å². The largest absolute Gasteiger partial charge is 0.354 e. The average molecular weight is 427 g/mol. The van der Waals surface area contributed by atoms with Gasteiger partial charge in [-0.2, -0.15) is 0 Å². The number of thioether (sulfide) groups is 1. The van der Waals surface area contributed by atoms with Gasteiger partial charge in [-0.25, -0.2) is 8.42 Å². The smallest absolute Gasteiger partial charge is 0.240 e. The van der Waals surface area contributed by atoms with Crippen LogP contribution in [0, 0.1) is 13.8 Å². The number of nitrogens with one attached hydrogen (secondary N) is 1. The first kappa shape index (κ1) is 21.6. The number of nitrogens with zero attached hydrogens (tertiary/aromatic N) is 1. The molecule has 0 radical (unpaired) electrons. The molecule has 1 amide bonds. The van der Waals surface area contributed by atoms with Crippen molar-refractivity contribution in [1.82, 2.24) is 5.32 Å². The van der Waals surface area contributed by atoms with Crippen molar-refractivity contribution in [2.75, 3.05) is 29.4 Å². The van der Waals surface area contributed by atoms with E-state index in [9.17, 15) is 13.2 Å². The van der Waals surface area contributed by atoms with Gasteiger partial charge in [-0.3, -0.25) is 9.10 Å². The molecular weight excluding hydrogens is 404 g/mol. The molecule has 0 bridgehead atoms. The minimum Gasteiger partial charge on any atom is -0.354 e. The number of benzene rings is 2. The predicted molar refractivity (Wildman–Crippen MR) is 113 cm³/mol. The average Bonchev–Trinajstić information content (AvgIpc) is 2.60. The van der Waals surface area contributed by atoms with Crippen LogP contribution in [0.25, 0.3) is 0 Å². The van der Waals surface area contributed by atoms with Crippen molar-refractivity contribution in [3.8, 4) is 0 Å². The summed E-state index contributed by atoms with van der Waals surface area (Å²) in [5.74, 6) is 0.339. The van der Waals surface area contributed by atoms with E-state index in [4.69, 9.17) is 11.6 Å². The molecule has 2 aromatic rings. The van der Waals surface area contributed by atoms with Gasteiger partial charge in [0.1, 0.15) is 6.54 Å². The van der Waals surface area contributed by atoms with E-state index in [2.05, 4.69) is 5.32 Å². The van der Waals surface area contributed by atoms with E-state index in [0.717, 1.165) is 21.0 Å². The van der Waals surface area contributed by atoms with Crippen LogP contribution in [0.5, 0.6) is 0 Å². The number of rotatable bonds is 8. The van der Waals surface area contributed by atoms with Crippen molar-refractivity contribution in [2.45, 2.75) is 18.7 Å². The van der Waals surface area contributed by atoms with E-state index >= 15 is 0 Å². The van der Waals surface area contributed by atoms with Crippen molar-refractivity contribution in [3.05, 3.63) is 58.6 Å². The molecule has 0 saturated carbocycles. The summed E-state index contributed by atoms with van der Waals surface area (Å²) in [5, 5.41) is 3.22. The Balaban J connectivity index is 1.92. The van der Waals surface area contributed by atoms with Crippen molar-refractivity contribution in [2.24, 2.45) is 0 Å². The number of aryl methyl sites for hydroxylation is 2. The number of anilines is 1. The fourth-order valence-corrected chi connectivity index (χ4v) is 4.11. The SMILES string of the molecule is Cc1ccc(SCCNC(=O)CN(c2ccc(C)c(Cl)c2)S(C)(=O)=O)cc1. The summed E-state index contributed by atoms with van der Waals surface area (Å²) in [6.07, 6.45) is 1.07. The Bertz CT molecular complexity index is 900. The highest BCUT2D eigenvalue weighted by Gasteiger charge is 2.21. The molecule has 0 spiro atoms. The monoisotopic (exact) mass is 426 g/mol. The molecule has 5 nitrogen and oxygen atoms in total. The number of carbonyl (C=O) groups is 1. The van der Waals surface area contributed by atoms with Gasteiger partial charge in [-0.05, 0) is 43.7 Å². The van der Waals surface area contributed by atoms with Crippen LogP contribution in [0.15, 0.2) is 47.4 Å². The van der Waals surface area contributed by atoms with Crippen molar-refractivity contribution in [3.63, 3.8) is 0 Å². The summed E-state index contributed by atoms with van der Waals surface area (Å²) in [5.41, 5.74) is 2.41. The van der Waals surface area contributed by atoms with Gasteiger partial charge in [0, 0.05) is 22.2 Å². The Morgan fingerprint density at radius 2 is 1.81 bits per heavy atom. The van der Waals surface area contributed by atoms with Crippen LogP contribution in [0.4, 0.5) is 5.69 Å². The van der Waals surface area contributed by atoms with Gasteiger partial charge in [0.05, 0.1) is 11.9 Å². The summed E-state index contributed by atoms with van der Waals surface area (Å²) in [6.45, 7) is 4.02. The number of hydrogen-bond acceptors (Lipinski definition) is 4. The molecule has 0 saturated heterocycles. The molecule has 0 aliphatic heterocycles. The highest BCUT2D eigenvalue weighted by molar-refractivity contribution is 7.99. The minimum atomic E-state index is -3.61. The predicted octanol–water partition coefficient (Wildman–Crippen LogP) is 3.63. The molecule has 2 aromatic carbocycles. The molecule has 146 valence electrons. The van der Waals surface area contributed by atoms with E-state index in [1.807, 2.05) is 38.1 Å². The molecule has 0 aliphatic carbocycles. The maximum absolute atomic E-state index is 12.2. The molecular formula is C19H23ClN2O3S2. The van der Waals surface area contributed by atoms with Crippen LogP contribution < -0.4 is 9.62 Å². The standard InChI is InChI=1S/C19H23ClN2O3S2/c1-14-4-8-17(9-5-14)26-11-10-21-19(23)13-22(27(3,24)25)16-7-6-15(2)18(20)12-16/h4-9,12H,10-11,13H2,1-3H3,(H,21,23). The zero-order valence-electron chi connectivity index (χ0n) is 15.5. The van der Waals surface area contributed by atoms with E-state index in [0.29, 0.717) is 23.0 Å². The molecule has 0 heterocycles. The lowest BCUT2D eigenvalue weighted by Crippen LogP contribution is -2.41. The Morgan fingerprint density at radius 1 is 1.15 bits per heavy atom.